The minimum absolute atomic E-state index is 0.0239. The van der Waals surface area contributed by atoms with Gasteiger partial charge in [0, 0.05) is 25.4 Å². The van der Waals surface area contributed by atoms with E-state index in [1.54, 1.807) is 0 Å². The molecule has 0 aliphatic carbocycles. The predicted octanol–water partition coefficient (Wildman–Crippen LogP) is 5.99. The lowest BCUT2D eigenvalue weighted by Crippen LogP contribution is -2.45. The Labute approximate surface area is 187 Å². The third-order valence-electron chi connectivity index (χ3n) is 5.46. The SMILES string of the molecule is CCCOc1cc(C(F)(F)F)ccc1O[C@@H]1CCN(c2ccc(C(F)(F)F)nn2)C[C@@H]1CC. The van der Waals surface area contributed by atoms with Crippen LogP contribution in [-0.4, -0.2) is 36.0 Å². The third kappa shape index (κ3) is 6.20. The number of ether oxygens (including phenoxy) is 2. The van der Waals surface area contributed by atoms with Crippen molar-refractivity contribution in [2.24, 2.45) is 5.92 Å². The van der Waals surface area contributed by atoms with Crippen molar-refractivity contribution in [3.05, 3.63) is 41.6 Å². The number of halogens is 6. The molecule has 0 N–H and O–H groups in total. The van der Waals surface area contributed by atoms with Crippen molar-refractivity contribution >= 4 is 5.82 Å². The summed E-state index contributed by atoms with van der Waals surface area (Å²) in [5, 5.41) is 6.99. The van der Waals surface area contributed by atoms with Crippen molar-refractivity contribution in [2.75, 3.05) is 24.6 Å². The van der Waals surface area contributed by atoms with E-state index in [0.717, 1.165) is 18.2 Å². The van der Waals surface area contributed by atoms with E-state index >= 15 is 0 Å². The Hall–Kier alpha value is -2.72. The standard InChI is InChI=1S/C22H25F6N3O2/c1-3-11-32-18-12-15(21(23,24)25)5-6-17(18)33-16-9-10-31(13-14(16)4-2)20-8-7-19(29-30-20)22(26,27)28/h5-8,12,14,16H,3-4,9-11,13H2,1-2H3/t14-,16+/m0/s1. The van der Waals surface area contributed by atoms with E-state index in [1.165, 1.54) is 12.1 Å². The number of hydrogen-bond acceptors (Lipinski definition) is 5. The Balaban J connectivity index is 1.74. The highest BCUT2D eigenvalue weighted by Gasteiger charge is 2.35. The molecule has 1 fully saturated rings. The minimum Gasteiger partial charge on any atom is -0.490 e. The van der Waals surface area contributed by atoms with E-state index < -0.39 is 23.6 Å². The molecule has 2 atom stereocenters. The molecule has 1 saturated heterocycles. The maximum Gasteiger partial charge on any atom is 0.435 e. The Morgan fingerprint density at radius 3 is 2.30 bits per heavy atom. The Kier molecular flexibility index (Phi) is 7.58. The molecule has 0 spiro atoms. The van der Waals surface area contributed by atoms with Gasteiger partial charge in [0.1, 0.15) is 6.10 Å². The van der Waals surface area contributed by atoms with Crippen molar-refractivity contribution < 1.29 is 35.8 Å². The van der Waals surface area contributed by atoms with Crippen LogP contribution in [0.3, 0.4) is 0 Å². The van der Waals surface area contributed by atoms with E-state index in [9.17, 15) is 26.3 Å². The van der Waals surface area contributed by atoms with Gasteiger partial charge in [-0.2, -0.15) is 26.3 Å². The monoisotopic (exact) mass is 477 g/mol. The van der Waals surface area contributed by atoms with Crippen LogP contribution in [0.15, 0.2) is 30.3 Å². The quantitative estimate of drug-likeness (QED) is 0.459. The van der Waals surface area contributed by atoms with Crippen molar-refractivity contribution in [1.82, 2.24) is 10.2 Å². The molecule has 2 aromatic rings. The van der Waals surface area contributed by atoms with Crippen molar-refractivity contribution in [3.8, 4) is 11.5 Å². The first-order chi connectivity index (χ1) is 15.5. The number of rotatable bonds is 7. The zero-order valence-corrected chi connectivity index (χ0v) is 18.2. The summed E-state index contributed by atoms with van der Waals surface area (Å²) < 4.78 is 89.2. The molecule has 0 radical (unpaired) electrons. The normalized spacial score (nSPS) is 19.5. The lowest BCUT2D eigenvalue weighted by molar-refractivity contribution is -0.141. The molecular formula is C22H25F6N3O2. The van der Waals surface area contributed by atoms with Crippen LogP contribution in [0.4, 0.5) is 32.2 Å². The molecule has 5 nitrogen and oxygen atoms in total. The first-order valence-electron chi connectivity index (χ1n) is 10.7. The van der Waals surface area contributed by atoms with Gasteiger partial charge in [0.05, 0.1) is 12.2 Å². The van der Waals surface area contributed by atoms with E-state index in [4.69, 9.17) is 9.47 Å². The molecule has 0 unspecified atom stereocenters. The summed E-state index contributed by atoms with van der Waals surface area (Å²) in [6, 6.07) is 5.36. The molecule has 33 heavy (non-hydrogen) atoms. The fourth-order valence-electron chi connectivity index (χ4n) is 3.68. The van der Waals surface area contributed by atoms with Gasteiger partial charge in [0.25, 0.3) is 0 Å². The van der Waals surface area contributed by atoms with Crippen molar-refractivity contribution in [1.29, 1.82) is 0 Å². The number of anilines is 1. The minimum atomic E-state index is -4.56. The number of nitrogens with zero attached hydrogens (tertiary/aromatic N) is 3. The van der Waals surface area contributed by atoms with Gasteiger partial charge in [-0.3, -0.25) is 0 Å². The van der Waals surface area contributed by atoms with Crippen molar-refractivity contribution in [3.63, 3.8) is 0 Å². The van der Waals surface area contributed by atoms with Crippen LogP contribution in [0.2, 0.25) is 0 Å². The topological polar surface area (TPSA) is 47.5 Å². The first-order valence-corrected chi connectivity index (χ1v) is 10.7. The summed E-state index contributed by atoms with van der Waals surface area (Å²) in [6.45, 7) is 4.96. The highest BCUT2D eigenvalue weighted by Crippen LogP contribution is 2.38. The van der Waals surface area contributed by atoms with Crippen LogP contribution >= 0.6 is 0 Å². The maximum atomic E-state index is 13.1. The lowest BCUT2D eigenvalue weighted by atomic mass is 9.92. The fourth-order valence-corrected chi connectivity index (χ4v) is 3.68. The number of alkyl halides is 6. The number of aromatic nitrogens is 2. The number of hydrogen-bond donors (Lipinski definition) is 0. The molecule has 1 aromatic carbocycles. The zero-order chi connectivity index (χ0) is 24.2. The summed E-state index contributed by atoms with van der Waals surface area (Å²) in [4.78, 5) is 1.84. The molecule has 3 rings (SSSR count). The van der Waals surface area contributed by atoms with E-state index in [2.05, 4.69) is 10.2 Å². The van der Waals surface area contributed by atoms with Crippen LogP contribution < -0.4 is 14.4 Å². The molecular weight excluding hydrogens is 452 g/mol. The molecule has 0 amide bonds. The van der Waals surface area contributed by atoms with Crippen LogP contribution in [0.1, 0.15) is 44.4 Å². The van der Waals surface area contributed by atoms with Crippen LogP contribution in [0.25, 0.3) is 0 Å². The second-order valence-electron chi connectivity index (χ2n) is 7.84. The largest absolute Gasteiger partial charge is 0.490 e. The molecule has 182 valence electrons. The van der Waals surface area contributed by atoms with Gasteiger partial charge >= 0.3 is 12.4 Å². The van der Waals surface area contributed by atoms with Gasteiger partial charge in [0.15, 0.2) is 23.0 Å². The second kappa shape index (κ2) is 10.0. The zero-order valence-electron chi connectivity index (χ0n) is 18.2. The van der Waals surface area contributed by atoms with Gasteiger partial charge in [-0.15, -0.1) is 10.2 Å². The fraction of sp³-hybridized carbons (Fsp3) is 0.545. The predicted molar refractivity (Wildman–Crippen MR) is 109 cm³/mol. The Bertz CT molecular complexity index is 918. The molecule has 1 aromatic heterocycles. The highest BCUT2D eigenvalue weighted by atomic mass is 19.4. The summed E-state index contributed by atoms with van der Waals surface area (Å²) in [5.74, 6) is 0.589. The van der Waals surface area contributed by atoms with E-state index in [1.807, 2.05) is 18.7 Å². The smallest absolute Gasteiger partial charge is 0.435 e. The highest BCUT2D eigenvalue weighted by molar-refractivity contribution is 5.44. The van der Waals surface area contributed by atoms with Gasteiger partial charge < -0.3 is 14.4 Å². The average molecular weight is 477 g/mol. The first kappa shape index (κ1) is 24.9. The van der Waals surface area contributed by atoms with Gasteiger partial charge in [-0.1, -0.05) is 13.8 Å². The van der Waals surface area contributed by atoms with Gasteiger partial charge in [-0.25, -0.2) is 0 Å². The summed E-state index contributed by atoms with van der Waals surface area (Å²) >= 11 is 0. The van der Waals surface area contributed by atoms with E-state index in [-0.39, 0.29) is 30.1 Å². The Morgan fingerprint density at radius 1 is 0.970 bits per heavy atom. The van der Waals surface area contributed by atoms with Gasteiger partial charge in [0.2, 0.25) is 0 Å². The lowest BCUT2D eigenvalue weighted by Gasteiger charge is -2.38. The molecule has 1 aliphatic heterocycles. The molecule has 11 heteroatoms. The molecule has 0 bridgehead atoms. The second-order valence-corrected chi connectivity index (χ2v) is 7.84. The van der Waals surface area contributed by atoms with Crippen molar-refractivity contribution in [2.45, 2.75) is 51.6 Å². The van der Waals surface area contributed by atoms with E-state index in [0.29, 0.717) is 38.2 Å². The maximum absolute atomic E-state index is 13.1. The molecule has 2 heterocycles. The summed E-state index contributed by atoms with van der Waals surface area (Å²) in [6.07, 6.45) is -7.52. The van der Waals surface area contributed by atoms with Crippen LogP contribution in [-0.2, 0) is 12.4 Å². The molecule has 1 aliphatic rings. The van der Waals surface area contributed by atoms with Gasteiger partial charge in [-0.05, 0) is 43.2 Å². The average Bonchev–Trinajstić information content (AvgIpc) is 2.77. The summed E-state index contributed by atoms with van der Waals surface area (Å²) in [5.41, 5.74) is -1.87. The third-order valence-corrected chi connectivity index (χ3v) is 5.46. The number of piperidine rings is 1. The van der Waals surface area contributed by atoms with Crippen LogP contribution in [0.5, 0.6) is 11.5 Å². The number of benzene rings is 1. The Morgan fingerprint density at radius 2 is 1.73 bits per heavy atom. The van der Waals surface area contributed by atoms with Crippen LogP contribution in [0, 0.1) is 5.92 Å². The summed E-state index contributed by atoms with van der Waals surface area (Å²) in [7, 11) is 0. The molecule has 0 saturated carbocycles.